The molecule has 0 bridgehead atoms. The lowest BCUT2D eigenvalue weighted by molar-refractivity contribution is -0.385. The maximum absolute atomic E-state index is 10.5. The van der Waals surface area contributed by atoms with Crippen LogP contribution in [0, 0.1) is 10.1 Å². The molecule has 1 aliphatic heterocycles. The molecule has 1 atom stereocenters. The molecule has 1 fully saturated rings. The zero-order valence-electron chi connectivity index (χ0n) is 9.09. The van der Waals surface area contributed by atoms with E-state index < -0.39 is 4.92 Å². The van der Waals surface area contributed by atoms with E-state index in [4.69, 9.17) is 0 Å². The Labute approximate surface area is 93.4 Å². The smallest absolute Gasteiger partial charge is 0.287 e. The molecule has 0 spiro atoms. The van der Waals surface area contributed by atoms with Crippen LogP contribution < -0.4 is 10.2 Å². The average molecular weight is 222 g/mol. The highest BCUT2D eigenvalue weighted by molar-refractivity contribution is 5.44. The first-order chi connectivity index (χ1) is 7.68. The SMILES string of the molecule is C[C@@H]1CNCCN1c1ccc([N+](=O)[O-])cn1. The number of nitrogens with zero attached hydrogens (tertiary/aromatic N) is 3. The molecule has 1 saturated heterocycles. The lowest BCUT2D eigenvalue weighted by atomic mass is 10.2. The zero-order chi connectivity index (χ0) is 11.5. The summed E-state index contributed by atoms with van der Waals surface area (Å²) in [5.41, 5.74) is 0.0338. The molecule has 16 heavy (non-hydrogen) atoms. The summed E-state index contributed by atoms with van der Waals surface area (Å²) in [4.78, 5) is 16.3. The molecule has 1 aromatic rings. The molecule has 6 heteroatoms. The zero-order valence-corrected chi connectivity index (χ0v) is 9.09. The minimum absolute atomic E-state index is 0.0338. The van der Waals surface area contributed by atoms with E-state index in [0.717, 1.165) is 25.5 Å². The Morgan fingerprint density at radius 1 is 1.62 bits per heavy atom. The van der Waals surface area contributed by atoms with E-state index in [-0.39, 0.29) is 5.69 Å². The van der Waals surface area contributed by atoms with Crippen molar-refractivity contribution >= 4 is 11.5 Å². The summed E-state index contributed by atoms with van der Waals surface area (Å²) in [6.45, 7) is 4.82. The molecule has 1 aliphatic rings. The molecule has 2 rings (SSSR count). The fourth-order valence-corrected chi connectivity index (χ4v) is 1.84. The Morgan fingerprint density at radius 3 is 3.00 bits per heavy atom. The van der Waals surface area contributed by atoms with Gasteiger partial charge in [-0.1, -0.05) is 0 Å². The monoisotopic (exact) mass is 222 g/mol. The van der Waals surface area contributed by atoms with Gasteiger partial charge in [-0.25, -0.2) is 4.98 Å². The van der Waals surface area contributed by atoms with Crippen LogP contribution in [0.1, 0.15) is 6.92 Å². The van der Waals surface area contributed by atoms with Gasteiger partial charge in [0.2, 0.25) is 0 Å². The number of nitrogens with one attached hydrogen (secondary N) is 1. The molecule has 0 aliphatic carbocycles. The summed E-state index contributed by atoms with van der Waals surface area (Å²) < 4.78 is 0. The van der Waals surface area contributed by atoms with Crippen molar-refractivity contribution in [3.05, 3.63) is 28.4 Å². The quantitative estimate of drug-likeness (QED) is 0.591. The van der Waals surface area contributed by atoms with Gasteiger partial charge in [-0.05, 0) is 13.0 Å². The van der Waals surface area contributed by atoms with Gasteiger partial charge in [0, 0.05) is 31.7 Å². The number of rotatable bonds is 2. The van der Waals surface area contributed by atoms with Crippen LogP contribution in [-0.4, -0.2) is 35.6 Å². The first-order valence-corrected chi connectivity index (χ1v) is 5.26. The van der Waals surface area contributed by atoms with Gasteiger partial charge >= 0.3 is 0 Å². The van der Waals surface area contributed by atoms with E-state index in [1.807, 2.05) is 0 Å². The van der Waals surface area contributed by atoms with Crippen LogP contribution in [-0.2, 0) is 0 Å². The Kier molecular flexibility index (Phi) is 3.00. The van der Waals surface area contributed by atoms with Crippen LogP contribution >= 0.6 is 0 Å². The molecule has 0 amide bonds. The van der Waals surface area contributed by atoms with Gasteiger partial charge in [-0.2, -0.15) is 0 Å². The predicted octanol–water partition coefficient (Wildman–Crippen LogP) is 0.788. The Bertz CT molecular complexity index is 379. The van der Waals surface area contributed by atoms with Crippen molar-refractivity contribution < 1.29 is 4.92 Å². The average Bonchev–Trinajstić information content (AvgIpc) is 2.30. The van der Waals surface area contributed by atoms with Crippen molar-refractivity contribution in [2.45, 2.75) is 13.0 Å². The van der Waals surface area contributed by atoms with Crippen LogP contribution in [0.5, 0.6) is 0 Å². The predicted molar refractivity (Wildman–Crippen MR) is 60.6 cm³/mol. The first kappa shape index (κ1) is 10.8. The molecule has 1 N–H and O–H groups in total. The summed E-state index contributed by atoms with van der Waals surface area (Å²) >= 11 is 0. The highest BCUT2D eigenvalue weighted by Crippen LogP contribution is 2.18. The van der Waals surface area contributed by atoms with E-state index in [1.165, 1.54) is 12.3 Å². The summed E-state index contributed by atoms with van der Waals surface area (Å²) in [7, 11) is 0. The summed E-state index contributed by atoms with van der Waals surface area (Å²) in [6.07, 6.45) is 1.31. The molecule has 0 saturated carbocycles. The van der Waals surface area contributed by atoms with E-state index in [9.17, 15) is 10.1 Å². The number of aromatic nitrogens is 1. The molecule has 86 valence electrons. The van der Waals surface area contributed by atoms with E-state index >= 15 is 0 Å². The van der Waals surface area contributed by atoms with Crippen LogP contribution in [0.4, 0.5) is 11.5 Å². The molecule has 0 radical (unpaired) electrons. The fourth-order valence-electron chi connectivity index (χ4n) is 1.84. The van der Waals surface area contributed by atoms with Crippen molar-refractivity contribution in [2.75, 3.05) is 24.5 Å². The topological polar surface area (TPSA) is 71.3 Å². The highest BCUT2D eigenvalue weighted by Gasteiger charge is 2.19. The number of hydrogen-bond acceptors (Lipinski definition) is 5. The molecule has 0 aromatic carbocycles. The van der Waals surface area contributed by atoms with Gasteiger partial charge < -0.3 is 10.2 Å². The number of pyridine rings is 1. The molecule has 1 aromatic heterocycles. The fraction of sp³-hybridized carbons (Fsp3) is 0.500. The standard InChI is InChI=1S/C10H14N4O2/c1-8-6-11-4-5-13(8)10-3-2-9(7-12-10)14(15)16/h2-3,7-8,11H,4-6H2,1H3/t8-/m1/s1. The van der Waals surface area contributed by atoms with Gasteiger partial charge in [0.15, 0.2) is 0 Å². The van der Waals surface area contributed by atoms with Crippen LogP contribution in [0.15, 0.2) is 18.3 Å². The second-order valence-electron chi connectivity index (χ2n) is 3.88. The van der Waals surface area contributed by atoms with E-state index in [1.54, 1.807) is 6.07 Å². The van der Waals surface area contributed by atoms with Crippen LogP contribution in [0.3, 0.4) is 0 Å². The van der Waals surface area contributed by atoms with Gasteiger partial charge in [0.05, 0.1) is 4.92 Å². The van der Waals surface area contributed by atoms with Crippen molar-refractivity contribution in [3.8, 4) is 0 Å². The van der Waals surface area contributed by atoms with Gasteiger partial charge in [0.1, 0.15) is 12.0 Å². The Balaban J connectivity index is 2.17. The number of nitro groups is 1. The number of piperazine rings is 1. The molecule has 0 unspecified atom stereocenters. The second-order valence-corrected chi connectivity index (χ2v) is 3.88. The second kappa shape index (κ2) is 4.44. The molecule has 2 heterocycles. The van der Waals surface area contributed by atoms with Crippen LogP contribution in [0.2, 0.25) is 0 Å². The van der Waals surface area contributed by atoms with Gasteiger partial charge in [-0.3, -0.25) is 10.1 Å². The van der Waals surface area contributed by atoms with Gasteiger partial charge in [0.25, 0.3) is 5.69 Å². The lowest BCUT2D eigenvalue weighted by Gasteiger charge is -2.34. The number of anilines is 1. The van der Waals surface area contributed by atoms with Crippen molar-refractivity contribution in [1.29, 1.82) is 0 Å². The third kappa shape index (κ3) is 2.11. The normalized spacial score (nSPS) is 20.8. The maximum Gasteiger partial charge on any atom is 0.287 e. The summed E-state index contributed by atoms with van der Waals surface area (Å²) in [5, 5.41) is 13.8. The third-order valence-corrected chi connectivity index (χ3v) is 2.74. The Hall–Kier alpha value is -1.69. The summed E-state index contributed by atoms with van der Waals surface area (Å²) in [6, 6.07) is 3.57. The third-order valence-electron chi connectivity index (χ3n) is 2.74. The van der Waals surface area contributed by atoms with Gasteiger partial charge in [-0.15, -0.1) is 0 Å². The minimum atomic E-state index is -0.433. The van der Waals surface area contributed by atoms with Crippen LogP contribution in [0.25, 0.3) is 0 Å². The first-order valence-electron chi connectivity index (χ1n) is 5.26. The Morgan fingerprint density at radius 2 is 2.44 bits per heavy atom. The van der Waals surface area contributed by atoms with E-state index in [0.29, 0.717) is 6.04 Å². The summed E-state index contributed by atoms with van der Waals surface area (Å²) in [5.74, 6) is 0.805. The van der Waals surface area contributed by atoms with Crippen molar-refractivity contribution in [2.24, 2.45) is 0 Å². The highest BCUT2D eigenvalue weighted by atomic mass is 16.6. The lowest BCUT2D eigenvalue weighted by Crippen LogP contribution is -2.50. The molecular weight excluding hydrogens is 208 g/mol. The van der Waals surface area contributed by atoms with Crippen molar-refractivity contribution in [3.63, 3.8) is 0 Å². The van der Waals surface area contributed by atoms with Crippen molar-refractivity contribution in [1.82, 2.24) is 10.3 Å². The molecule has 6 nitrogen and oxygen atoms in total. The molecular formula is C10H14N4O2. The maximum atomic E-state index is 10.5. The number of hydrogen-bond donors (Lipinski definition) is 1. The van der Waals surface area contributed by atoms with E-state index in [2.05, 4.69) is 22.1 Å². The largest absolute Gasteiger partial charge is 0.351 e. The minimum Gasteiger partial charge on any atom is -0.351 e.